The van der Waals surface area contributed by atoms with Gasteiger partial charge in [-0.15, -0.1) is 0 Å². The van der Waals surface area contributed by atoms with Gasteiger partial charge in [0.2, 0.25) is 0 Å². The van der Waals surface area contributed by atoms with E-state index in [0.717, 1.165) is 18.9 Å². The zero-order chi connectivity index (χ0) is 13.3. The average Bonchev–Trinajstić information content (AvgIpc) is 2.25. The summed E-state index contributed by atoms with van der Waals surface area (Å²) in [6.45, 7) is 7.89. The van der Waals surface area contributed by atoms with Gasteiger partial charge in [0.25, 0.3) is 0 Å². The Bertz CT molecular complexity index is 441. The molecule has 1 aliphatic heterocycles. The lowest BCUT2D eigenvalue weighted by molar-refractivity contribution is -0.0752. The van der Waals surface area contributed by atoms with E-state index in [1.165, 1.54) is 11.8 Å². The van der Waals surface area contributed by atoms with E-state index in [4.69, 9.17) is 16.3 Å². The van der Waals surface area contributed by atoms with Crippen LogP contribution in [0.4, 0.5) is 5.82 Å². The molecule has 18 heavy (non-hydrogen) atoms. The van der Waals surface area contributed by atoms with Crippen LogP contribution in [0.5, 0.6) is 0 Å². The van der Waals surface area contributed by atoms with Crippen LogP contribution in [0.1, 0.15) is 20.8 Å². The molecule has 1 fully saturated rings. The minimum Gasteiger partial charge on any atom is -0.369 e. The number of hydrogen-bond acceptors (Lipinski definition) is 5. The number of hydrogen-bond donors (Lipinski definition) is 0. The quantitative estimate of drug-likeness (QED) is 0.475. The molecular formula is C12H18ClN3OS. The van der Waals surface area contributed by atoms with Gasteiger partial charge < -0.3 is 9.64 Å². The van der Waals surface area contributed by atoms with Crippen molar-refractivity contribution in [3.05, 3.63) is 11.2 Å². The van der Waals surface area contributed by atoms with Gasteiger partial charge in [-0.2, -0.15) is 0 Å². The summed E-state index contributed by atoms with van der Waals surface area (Å²) in [5.74, 6) is 0.877. The van der Waals surface area contributed by atoms with E-state index in [9.17, 15) is 0 Å². The van der Waals surface area contributed by atoms with Crippen molar-refractivity contribution in [3.63, 3.8) is 0 Å². The molecule has 2 rings (SSSR count). The van der Waals surface area contributed by atoms with Crippen LogP contribution in [0.25, 0.3) is 0 Å². The van der Waals surface area contributed by atoms with Crippen LogP contribution in [0.2, 0.25) is 5.15 Å². The van der Waals surface area contributed by atoms with E-state index in [1.807, 2.05) is 12.3 Å². The Kier molecular flexibility index (Phi) is 4.04. The molecule has 0 aliphatic carbocycles. The highest BCUT2D eigenvalue weighted by Gasteiger charge is 2.32. The first kappa shape index (κ1) is 13.9. The third-order valence-electron chi connectivity index (χ3n) is 2.74. The summed E-state index contributed by atoms with van der Waals surface area (Å²) in [4.78, 5) is 10.9. The van der Waals surface area contributed by atoms with Gasteiger partial charge in [0.1, 0.15) is 11.0 Å². The molecule has 1 saturated heterocycles. The first-order chi connectivity index (χ1) is 8.39. The Balaban J connectivity index is 2.27. The molecule has 2 heterocycles. The summed E-state index contributed by atoms with van der Waals surface area (Å²) in [7, 11) is 0. The highest BCUT2D eigenvalue weighted by atomic mass is 35.5. The number of aromatic nitrogens is 2. The van der Waals surface area contributed by atoms with E-state index in [2.05, 4.69) is 35.6 Å². The lowest BCUT2D eigenvalue weighted by Crippen LogP contribution is -2.52. The molecule has 6 heteroatoms. The molecule has 1 atom stereocenters. The van der Waals surface area contributed by atoms with Crippen LogP contribution < -0.4 is 4.90 Å². The van der Waals surface area contributed by atoms with Gasteiger partial charge in [0.15, 0.2) is 5.16 Å². The van der Waals surface area contributed by atoms with Crippen molar-refractivity contribution in [2.24, 2.45) is 0 Å². The molecule has 0 saturated carbocycles. The van der Waals surface area contributed by atoms with Crippen molar-refractivity contribution < 1.29 is 4.74 Å². The Morgan fingerprint density at radius 1 is 1.50 bits per heavy atom. The maximum atomic E-state index is 6.03. The Morgan fingerprint density at radius 2 is 2.22 bits per heavy atom. The largest absolute Gasteiger partial charge is 0.369 e. The SMILES string of the molecule is CSc1nc(Cl)cc(N2CC(C)OC(C)(C)C2)n1. The Hall–Kier alpha value is -0.520. The lowest BCUT2D eigenvalue weighted by Gasteiger charge is -2.42. The second kappa shape index (κ2) is 5.23. The summed E-state index contributed by atoms with van der Waals surface area (Å²) in [6.07, 6.45) is 2.13. The average molecular weight is 288 g/mol. The molecule has 1 aromatic rings. The van der Waals surface area contributed by atoms with Crippen LogP contribution in [0, 0.1) is 0 Å². The number of ether oxygens (including phenoxy) is 1. The number of halogens is 1. The summed E-state index contributed by atoms with van der Waals surface area (Å²) < 4.78 is 5.89. The maximum Gasteiger partial charge on any atom is 0.190 e. The van der Waals surface area contributed by atoms with Gasteiger partial charge in [0.05, 0.1) is 11.7 Å². The number of rotatable bonds is 2. The molecule has 0 N–H and O–H groups in total. The fourth-order valence-corrected chi connectivity index (χ4v) is 2.87. The predicted molar refractivity (Wildman–Crippen MR) is 75.7 cm³/mol. The number of anilines is 1. The summed E-state index contributed by atoms with van der Waals surface area (Å²) in [6, 6.07) is 1.81. The maximum absolute atomic E-state index is 6.03. The molecule has 0 spiro atoms. The Morgan fingerprint density at radius 3 is 2.83 bits per heavy atom. The summed E-state index contributed by atoms with van der Waals surface area (Å²) in [5, 5.41) is 1.19. The van der Waals surface area contributed by atoms with Crippen molar-refractivity contribution in [2.45, 2.75) is 37.6 Å². The van der Waals surface area contributed by atoms with E-state index in [0.29, 0.717) is 10.3 Å². The molecule has 0 aromatic carbocycles. The van der Waals surface area contributed by atoms with Crippen molar-refractivity contribution in [1.29, 1.82) is 0 Å². The molecule has 100 valence electrons. The standard InChI is InChI=1S/C12H18ClN3OS/c1-8-6-16(7-12(2,3)17-8)10-5-9(13)14-11(15-10)18-4/h5,8H,6-7H2,1-4H3. The van der Waals surface area contributed by atoms with Crippen molar-refractivity contribution in [3.8, 4) is 0 Å². The van der Waals surface area contributed by atoms with Crippen molar-refractivity contribution in [2.75, 3.05) is 24.2 Å². The Labute approximate surface area is 117 Å². The highest BCUT2D eigenvalue weighted by Crippen LogP contribution is 2.27. The first-order valence-electron chi connectivity index (χ1n) is 5.91. The lowest BCUT2D eigenvalue weighted by atomic mass is 10.1. The molecule has 0 bridgehead atoms. The topological polar surface area (TPSA) is 38.2 Å². The van der Waals surface area contributed by atoms with Gasteiger partial charge in [-0.25, -0.2) is 9.97 Å². The van der Waals surface area contributed by atoms with Crippen molar-refractivity contribution >= 4 is 29.2 Å². The smallest absolute Gasteiger partial charge is 0.190 e. The van der Waals surface area contributed by atoms with E-state index in [-0.39, 0.29) is 11.7 Å². The van der Waals surface area contributed by atoms with Gasteiger partial charge in [-0.1, -0.05) is 23.4 Å². The minimum atomic E-state index is -0.172. The number of morpholine rings is 1. The second-order valence-corrected chi connectivity index (χ2v) is 6.26. The van der Waals surface area contributed by atoms with Gasteiger partial charge in [-0.3, -0.25) is 0 Å². The highest BCUT2D eigenvalue weighted by molar-refractivity contribution is 7.98. The molecule has 0 amide bonds. The monoisotopic (exact) mass is 287 g/mol. The molecule has 1 aromatic heterocycles. The van der Waals surface area contributed by atoms with Crippen LogP contribution in [0.15, 0.2) is 11.2 Å². The van der Waals surface area contributed by atoms with Gasteiger partial charge in [0, 0.05) is 19.2 Å². The fraction of sp³-hybridized carbons (Fsp3) is 0.667. The van der Waals surface area contributed by atoms with E-state index < -0.39 is 0 Å². The first-order valence-corrected chi connectivity index (χ1v) is 7.51. The van der Waals surface area contributed by atoms with E-state index >= 15 is 0 Å². The summed E-state index contributed by atoms with van der Waals surface area (Å²) in [5.41, 5.74) is -0.172. The number of thioether (sulfide) groups is 1. The number of nitrogens with zero attached hydrogens (tertiary/aromatic N) is 3. The van der Waals surface area contributed by atoms with Crippen molar-refractivity contribution in [1.82, 2.24) is 9.97 Å². The van der Waals surface area contributed by atoms with Gasteiger partial charge in [-0.05, 0) is 27.0 Å². The molecule has 0 radical (unpaired) electrons. The second-order valence-electron chi connectivity index (χ2n) is 5.10. The molecule has 1 aliphatic rings. The fourth-order valence-electron chi connectivity index (χ4n) is 2.27. The van der Waals surface area contributed by atoms with Crippen LogP contribution in [-0.2, 0) is 4.74 Å². The van der Waals surface area contributed by atoms with E-state index in [1.54, 1.807) is 0 Å². The van der Waals surface area contributed by atoms with Crippen LogP contribution in [0.3, 0.4) is 0 Å². The third kappa shape index (κ3) is 3.28. The van der Waals surface area contributed by atoms with Crippen LogP contribution >= 0.6 is 23.4 Å². The molecular weight excluding hydrogens is 270 g/mol. The minimum absolute atomic E-state index is 0.172. The molecule has 1 unspecified atom stereocenters. The third-order valence-corrected chi connectivity index (χ3v) is 3.48. The normalized spacial score (nSPS) is 23.2. The summed E-state index contributed by atoms with van der Waals surface area (Å²) >= 11 is 7.53. The molecule has 4 nitrogen and oxygen atoms in total. The van der Waals surface area contributed by atoms with Crippen LogP contribution in [-0.4, -0.2) is 41.0 Å². The van der Waals surface area contributed by atoms with Gasteiger partial charge >= 0.3 is 0 Å². The zero-order valence-electron chi connectivity index (χ0n) is 11.1. The zero-order valence-corrected chi connectivity index (χ0v) is 12.7. The predicted octanol–water partition coefficient (Wildman–Crippen LogP) is 2.86.